The van der Waals surface area contributed by atoms with Crippen molar-refractivity contribution in [2.75, 3.05) is 6.61 Å². The Labute approximate surface area is 120 Å². The lowest BCUT2D eigenvalue weighted by Crippen LogP contribution is -2.37. The first-order valence-electron chi connectivity index (χ1n) is 7.20. The molecule has 3 heteroatoms. The molecule has 0 radical (unpaired) electrons. The van der Waals surface area contributed by atoms with E-state index in [0.717, 1.165) is 18.8 Å². The van der Waals surface area contributed by atoms with Crippen LogP contribution >= 0.6 is 0 Å². The fourth-order valence-corrected chi connectivity index (χ4v) is 2.59. The minimum Gasteiger partial charge on any atom is -0.384 e. The standard InChI is InChI=1S/C17H21NO2/c1-13-8-10-15(11-9-13)18-17(20)16-7-3-2-5-14(16)6-4-12-19/h2-3,5,7,13,15,19H,8-12H2,1H3,(H,18,20). The van der Waals surface area contributed by atoms with Crippen molar-refractivity contribution >= 4 is 5.91 Å². The molecule has 1 fully saturated rings. The molecule has 2 N–H and O–H groups in total. The zero-order chi connectivity index (χ0) is 14.4. The molecule has 0 bridgehead atoms. The van der Waals surface area contributed by atoms with Gasteiger partial charge in [0.15, 0.2) is 0 Å². The van der Waals surface area contributed by atoms with Crippen LogP contribution in [0.5, 0.6) is 0 Å². The van der Waals surface area contributed by atoms with Crippen molar-refractivity contribution in [1.29, 1.82) is 0 Å². The molecule has 0 spiro atoms. The molecule has 0 aliphatic heterocycles. The number of carbonyl (C=O) groups excluding carboxylic acids is 1. The third kappa shape index (κ3) is 3.85. The summed E-state index contributed by atoms with van der Waals surface area (Å²) in [4.78, 5) is 12.3. The number of rotatable bonds is 2. The molecule has 1 aliphatic rings. The van der Waals surface area contributed by atoms with E-state index in [1.165, 1.54) is 12.8 Å². The lowest BCUT2D eigenvalue weighted by molar-refractivity contribution is 0.0922. The van der Waals surface area contributed by atoms with Crippen molar-refractivity contribution in [2.45, 2.75) is 38.6 Å². The van der Waals surface area contributed by atoms with Gasteiger partial charge in [-0.15, -0.1) is 0 Å². The Kier molecular flexibility index (Phi) is 5.20. The SMILES string of the molecule is CC1CCC(NC(=O)c2ccccc2C#CCO)CC1. The van der Waals surface area contributed by atoms with Crippen molar-refractivity contribution in [3.05, 3.63) is 35.4 Å². The van der Waals surface area contributed by atoms with Gasteiger partial charge in [-0.25, -0.2) is 0 Å². The van der Waals surface area contributed by atoms with Gasteiger partial charge in [0.1, 0.15) is 6.61 Å². The van der Waals surface area contributed by atoms with Crippen molar-refractivity contribution < 1.29 is 9.90 Å². The summed E-state index contributed by atoms with van der Waals surface area (Å²) < 4.78 is 0. The Morgan fingerprint density at radius 1 is 1.30 bits per heavy atom. The Hall–Kier alpha value is -1.79. The first-order valence-corrected chi connectivity index (χ1v) is 7.20. The van der Waals surface area contributed by atoms with Crippen LogP contribution in [0.4, 0.5) is 0 Å². The average molecular weight is 271 g/mol. The normalized spacial score (nSPS) is 21.7. The molecule has 106 valence electrons. The zero-order valence-electron chi connectivity index (χ0n) is 11.9. The third-order valence-electron chi connectivity index (χ3n) is 3.82. The molecular weight excluding hydrogens is 250 g/mol. The van der Waals surface area contributed by atoms with Crippen LogP contribution in [0, 0.1) is 17.8 Å². The molecule has 1 aromatic carbocycles. The van der Waals surface area contributed by atoms with E-state index < -0.39 is 0 Å². The molecule has 0 heterocycles. The van der Waals surface area contributed by atoms with Crippen LogP contribution in [0.25, 0.3) is 0 Å². The summed E-state index contributed by atoms with van der Waals surface area (Å²) >= 11 is 0. The molecule has 0 unspecified atom stereocenters. The first kappa shape index (κ1) is 14.6. The Bertz CT molecular complexity index is 519. The molecule has 20 heavy (non-hydrogen) atoms. The fourth-order valence-electron chi connectivity index (χ4n) is 2.59. The van der Waals surface area contributed by atoms with E-state index in [4.69, 9.17) is 5.11 Å². The summed E-state index contributed by atoms with van der Waals surface area (Å²) in [5, 5.41) is 11.9. The minimum absolute atomic E-state index is 0.0626. The second kappa shape index (κ2) is 7.12. The molecule has 3 nitrogen and oxygen atoms in total. The molecule has 1 saturated carbocycles. The first-order chi connectivity index (χ1) is 9.70. The van der Waals surface area contributed by atoms with Gasteiger partial charge < -0.3 is 10.4 Å². The molecule has 1 amide bonds. The molecule has 1 aromatic rings. The Morgan fingerprint density at radius 3 is 2.70 bits per heavy atom. The highest BCUT2D eigenvalue weighted by atomic mass is 16.2. The lowest BCUT2D eigenvalue weighted by Gasteiger charge is -2.27. The van der Waals surface area contributed by atoms with E-state index in [-0.39, 0.29) is 18.6 Å². The number of carbonyl (C=O) groups is 1. The van der Waals surface area contributed by atoms with Crippen molar-refractivity contribution in [1.82, 2.24) is 5.32 Å². The van der Waals surface area contributed by atoms with Crippen LogP contribution in [0.15, 0.2) is 24.3 Å². The van der Waals surface area contributed by atoms with Crippen molar-refractivity contribution in [2.24, 2.45) is 5.92 Å². The molecule has 0 aromatic heterocycles. The quantitative estimate of drug-likeness (QED) is 0.811. The van der Waals surface area contributed by atoms with E-state index >= 15 is 0 Å². The van der Waals surface area contributed by atoms with Gasteiger partial charge in [0.05, 0.1) is 5.56 Å². The van der Waals surface area contributed by atoms with Gasteiger partial charge in [-0.2, -0.15) is 0 Å². The van der Waals surface area contributed by atoms with Crippen LogP contribution in [0.2, 0.25) is 0 Å². The molecular formula is C17H21NO2. The monoisotopic (exact) mass is 271 g/mol. The third-order valence-corrected chi connectivity index (χ3v) is 3.82. The van der Waals surface area contributed by atoms with Crippen LogP contribution in [-0.2, 0) is 0 Å². The van der Waals surface area contributed by atoms with Gasteiger partial charge in [0, 0.05) is 11.6 Å². The van der Waals surface area contributed by atoms with E-state index in [2.05, 4.69) is 24.1 Å². The second-order valence-corrected chi connectivity index (χ2v) is 5.44. The summed E-state index contributed by atoms with van der Waals surface area (Å²) in [6.45, 7) is 2.06. The van der Waals surface area contributed by atoms with E-state index in [1.54, 1.807) is 12.1 Å². The van der Waals surface area contributed by atoms with E-state index in [1.807, 2.05) is 12.1 Å². The molecule has 1 aliphatic carbocycles. The smallest absolute Gasteiger partial charge is 0.252 e. The summed E-state index contributed by atoms with van der Waals surface area (Å²) in [5.41, 5.74) is 1.26. The maximum Gasteiger partial charge on any atom is 0.252 e. The van der Waals surface area contributed by atoms with Crippen LogP contribution in [0.1, 0.15) is 48.5 Å². The predicted octanol–water partition coefficient (Wildman–Crippen LogP) is 2.34. The largest absolute Gasteiger partial charge is 0.384 e. The van der Waals surface area contributed by atoms with Crippen molar-refractivity contribution in [3.63, 3.8) is 0 Å². The Morgan fingerprint density at radius 2 is 2.00 bits per heavy atom. The number of nitrogens with one attached hydrogen (secondary N) is 1. The highest BCUT2D eigenvalue weighted by Crippen LogP contribution is 2.23. The highest BCUT2D eigenvalue weighted by molar-refractivity contribution is 5.96. The minimum atomic E-state index is -0.198. The summed E-state index contributed by atoms with van der Waals surface area (Å²) in [6.07, 6.45) is 4.46. The van der Waals surface area contributed by atoms with E-state index in [0.29, 0.717) is 11.1 Å². The van der Waals surface area contributed by atoms with E-state index in [9.17, 15) is 4.79 Å². The maximum atomic E-state index is 12.3. The number of hydrogen-bond acceptors (Lipinski definition) is 2. The predicted molar refractivity (Wildman–Crippen MR) is 79.3 cm³/mol. The molecule has 0 atom stereocenters. The van der Waals surface area contributed by atoms with Gasteiger partial charge in [-0.1, -0.05) is 30.9 Å². The number of aliphatic hydroxyl groups is 1. The van der Waals surface area contributed by atoms with Gasteiger partial charge in [0.2, 0.25) is 0 Å². The maximum absolute atomic E-state index is 12.3. The highest BCUT2D eigenvalue weighted by Gasteiger charge is 2.20. The number of hydrogen-bond donors (Lipinski definition) is 2. The number of benzene rings is 1. The lowest BCUT2D eigenvalue weighted by atomic mass is 9.87. The van der Waals surface area contributed by atoms with Gasteiger partial charge >= 0.3 is 0 Å². The van der Waals surface area contributed by atoms with Crippen LogP contribution in [0.3, 0.4) is 0 Å². The topological polar surface area (TPSA) is 49.3 Å². The molecule has 0 saturated heterocycles. The van der Waals surface area contributed by atoms with Crippen LogP contribution in [-0.4, -0.2) is 23.7 Å². The summed E-state index contributed by atoms with van der Waals surface area (Å²) in [7, 11) is 0. The van der Waals surface area contributed by atoms with Gasteiger partial charge in [-0.3, -0.25) is 4.79 Å². The summed E-state index contributed by atoms with van der Waals surface area (Å²) in [5.74, 6) is 6.13. The second-order valence-electron chi connectivity index (χ2n) is 5.44. The van der Waals surface area contributed by atoms with Crippen LogP contribution < -0.4 is 5.32 Å². The fraction of sp³-hybridized carbons (Fsp3) is 0.471. The zero-order valence-corrected chi connectivity index (χ0v) is 11.9. The average Bonchev–Trinajstić information content (AvgIpc) is 2.47. The number of amides is 1. The summed E-state index contributed by atoms with van der Waals surface area (Å²) in [6, 6.07) is 7.54. The van der Waals surface area contributed by atoms with Crippen molar-refractivity contribution in [3.8, 4) is 11.8 Å². The Balaban J connectivity index is 2.05. The number of aliphatic hydroxyl groups excluding tert-OH is 1. The van der Waals surface area contributed by atoms with Gasteiger partial charge in [-0.05, 0) is 43.7 Å². The van der Waals surface area contributed by atoms with Gasteiger partial charge in [0.25, 0.3) is 5.91 Å². The molecule has 2 rings (SSSR count).